The molecule has 0 saturated carbocycles. The van der Waals surface area contributed by atoms with E-state index in [9.17, 15) is 13.2 Å². The monoisotopic (exact) mass is 535 g/mol. The number of carbonyl (C=O) groups excluding carboxylic acids is 1. The maximum atomic E-state index is 13.7. The Morgan fingerprint density at radius 1 is 0.868 bits per heavy atom. The van der Waals surface area contributed by atoms with E-state index in [1.165, 1.54) is 4.31 Å². The number of amides is 1. The molecule has 2 aliphatic rings. The van der Waals surface area contributed by atoms with E-state index < -0.39 is 10.0 Å². The number of fused-ring (bicyclic) bond motifs is 1. The molecular formula is C29H33N3O5S. The van der Waals surface area contributed by atoms with Crippen molar-refractivity contribution in [2.45, 2.75) is 31.7 Å². The third-order valence-electron chi connectivity index (χ3n) is 7.09. The summed E-state index contributed by atoms with van der Waals surface area (Å²) in [7, 11) is -3.93. The molecule has 0 bridgehead atoms. The van der Waals surface area contributed by atoms with Gasteiger partial charge in [0, 0.05) is 32.7 Å². The molecule has 2 aliphatic heterocycles. The standard InChI is InChI=1S/C29H33N3O5S/c1-3-23-6-9-25(10-7-23)32(38(34,35)26-11-4-22(2)5-12-26)20-29(33)31-16-14-30(15-17-31)19-24-8-13-27-28(18-24)37-21-36-27/h4-13,18H,3,14-17,19-21H2,1-2H3. The summed E-state index contributed by atoms with van der Waals surface area (Å²) < 4.78 is 39.5. The summed E-state index contributed by atoms with van der Waals surface area (Å²) >= 11 is 0. The van der Waals surface area contributed by atoms with Crippen LogP contribution >= 0.6 is 0 Å². The van der Waals surface area contributed by atoms with Crippen LogP contribution in [0.3, 0.4) is 0 Å². The zero-order chi connectivity index (χ0) is 26.7. The summed E-state index contributed by atoms with van der Waals surface area (Å²) in [6.07, 6.45) is 0.848. The number of anilines is 1. The predicted molar refractivity (Wildman–Crippen MR) is 146 cm³/mol. The minimum atomic E-state index is -3.93. The van der Waals surface area contributed by atoms with Crippen LogP contribution in [0.4, 0.5) is 5.69 Å². The Balaban J connectivity index is 1.27. The normalized spacial score (nSPS) is 15.5. The first-order valence-electron chi connectivity index (χ1n) is 12.9. The number of sulfonamides is 1. The third-order valence-corrected chi connectivity index (χ3v) is 8.88. The number of hydrogen-bond acceptors (Lipinski definition) is 6. The fourth-order valence-electron chi connectivity index (χ4n) is 4.73. The second-order valence-corrected chi connectivity index (χ2v) is 11.6. The average molecular weight is 536 g/mol. The third kappa shape index (κ3) is 5.63. The quantitative estimate of drug-likeness (QED) is 0.436. The van der Waals surface area contributed by atoms with Gasteiger partial charge in [0.15, 0.2) is 11.5 Å². The first kappa shape index (κ1) is 26.1. The van der Waals surface area contributed by atoms with E-state index in [-0.39, 0.29) is 24.1 Å². The molecule has 3 aromatic rings. The molecule has 0 aromatic heterocycles. The van der Waals surface area contributed by atoms with Crippen molar-refractivity contribution in [1.82, 2.24) is 9.80 Å². The molecule has 5 rings (SSSR count). The lowest BCUT2D eigenvalue weighted by atomic mass is 10.1. The van der Waals surface area contributed by atoms with Gasteiger partial charge in [-0.15, -0.1) is 0 Å². The van der Waals surface area contributed by atoms with Crippen LogP contribution in [-0.4, -0.2) is 63.6 Å². The first-order chi connectivity index (χ1) is 18.3. The van der Waals surface area contributed by atoms with Gasteiger partial charge in [0.1, 0.15) is 6.54 Å². The second-order valence-electron chi connectivity index (χ2n) is 9.69. The number of piperazine rings is 1. The molecule has 8 nitrogen and oxygen atoms in total. The summed E-state index contributed by atoms with van der Waals surface area (Å²) in [5, 5.41) is 0. The van der Waals surface area contributed by atoms with E-state index in [0.29, 0.717) is 31.9 Å². The van der Waals surface area contributed by atoms with E-state index in [2.05, 4.69) is 4.90 Å². The molecule has 0 N–H and O–H groups in total. The number of nitrogens with zero attached hydrogens (tertiary/aromatic N) is 3. The summed E-state index contributed by atoms with van der Waals surface area (Å²) in [6.45, 7) is 7.19. The highest BCUT2D eigenvalue weighted by Crippen LogP contribution is 2.33. The Morgan fingerprint density at radius 3 is 2.21 bits per heavy atom. The van der Waals surface area contributed by atoms with Crippen LogP contribution in [-0.2, 0) is 27.8 Å². The Kier molecular flexibility index (Phi) is 7.58. The van der Waals surface area contributed by atoms with Gasteiger partial charge in [-0.1, -0.05) is 42.8 Å². The van der Waals surface area contributed by atoms with Crippen molar-refractivity contribution in [3.05, 3.63) is 83.4 Å². The summed E-state index contributed by atoms with van der Waals surface area (Å²) in [5.41, 5.74) is 3.68. The van der Waals surface area contributed by atoms with Crippen LogP contribution in [0.25, 0.3) is 0 Å². The van der Waals surface area contributed by atoms with Gasteiger partial charge in [-0.25, -0.2) is 8.42 Å². The highest BCUT2D eigenvalue weighted by atomic mass is 32.2. The number of benzene rings is 3. The van der Waals surface area contributed by atoms with Crippen LogP contribution in [0.2, 0.25) is 0 Å². The highest BCUT2D eigenvalue weighted by Gasteiger charge is 2.30. The molecular weight excluding hydrogens is 502 g/mol. The average Bonchev–Trinajstić information content (AvgIpc) is 3.40. The van der Waals surface area contributed by atoms with Crippen LogP contribution in [0, 0.1) is 6.92 Å². The smallest absolute Gasteiger partial charge is 0.264 e. The Bertz CT molecular complexity index is 1380. The van der Waals surface area contributed by atoms with Gasteiger partial charge in [-0.2, -0.15) is 0 Å². The van der Waals surface area contributed by atoms with E-state index in [1.54, 1.807) is 41.3 Å². The molecule has 1 amide bonds. The van der Waals surface area contributed by atoms with Crippen LogP contribution in [0.15, 0.2) is 71.6 Å². The molecule has 2 heterocycles. The topological polar surface area (TPSA) is 79.4 Å². The van der Waals surface area contributed by atoms with Crippen molar-refractivity contribution in [2.75, 3.05) is 43.8 Å². The highest BCUT2D eigenvalue weighted by molar-refractivity contribution is 7.92. The van der Waals surface area contributed by atoms with Crippen molar-refractivity contribution < 1.29 is 22.7 Å². The van der Waals surface area contributed by atoms with Crippen LogP contribution in [0.1, 0.15) is 23.6 Å². The zero-order valence-corrected chi connectivity index (χ0v) is 22.6. The minimum Gasteiger partial charge on any atom is -0.454 e. The number of hydrogen-bond donors (Lipinski definition) is 0. The van der Waals surface area contributed by atoms with Gasteiger partial charge in [0.2, 0.25) is 12.7 Å². The van der Waals surface area contributed by atoms with Crippen molar-refractivity contribution in [3.8, 4) is 11.5 Å². The summed E-state index contributed by atoms with van der Waals surface area (Å²) in [6, 6.07) is 20.1. The van der Waals surface area contributed by atoms with Crippen molar-refractivity contribution in [3.63, 3.8) is 0 Å². The molecule has 9 heteroatoms. The fourth-order valence-corrected chi connectivity index (χ4v) is 6.14. The maximum Gasteiger partial charge on any atom is 0.264 e. The lowest BCUT2D eigenvalue weighted by Gasteiger charge is -2.36. The van der Waals surface area contributed by atoms with Gasteiger partial charge >= 0.3 is 0 Å². The van der Waals surface area contributed by atoms with Gasteiger partial charge in [-0.3, -0.25) is 14.0 Å². The summed E-state index contributed by atoms with van der Waals surface area (Å²) in [4.78, 5) is 17.6. The summed E-state index contributed by atoms with van der Waals surface area (Å²) in [5.74, 6) is 1.32. The van der Waals surface area contributed by atoms with Crippen molar-refractivity contribution in [2.24, 2.45) is 0 Å². The lowest BCUT2D eigenvalue weighted by Crippen LogP contribution is -2.51. The van der Waals surface area contributed by atoms with E-state index in [0.717, 1.165) is 41.2 Å². The largest absolute Gasteiger partial charge is 0.454 e. The molecule has 1 fully saturated rings. The van der Waals surface area contributed by atoms with E-state index in [4.69, 9.17) is 9.47 Å². The van der Waals surface area contributed by atoms with Crippen molar-refractivity contribution >= 4 is 21.6 Å². The maximum absolute atomic E-state index is 13.7. The molecule has 3 aromatic carbocycles. The number of carbonyl (C=O) groups is 1. The van der Waals surface area contributed by atoms with E-state index >= 15 is 0 Å². The fraction of sp³-hybridized carbons (Fsp3) is 0.345. The minimum absolute atomic E-state index is 0.170. The molecule has 0 spiro atoms. The molecule has 200 valence electrons. The molecule has 1 saturated heterocycles. The van der Waals surface area contributed by atoms with Crippen molar-refractivity contribution in [1.29, 1.82) is 0 Å². The number of rotatable bonds is 8. The van der Waals surface area contributed by atoms with E-state index in [1.807, 2.05) is 44.2 Å². The van der Waals surface area contributed by atoms with Gasteiger partial charge in [-0.05, 0) is 60.9 Å². The molecule has 0 unspecified atom stereocenters. The predicted octanol–water partition coefficient (Wildman–Crippen LogP) is 3.83. The number of aryl methyl sites for hydroxylation is 2. The molecule has 0 radical (unpaired) electrons. The lowest BCUT2D eigenvalue weighted by molar-refractivity contribution is -0.131. The number of ether oxygens (including phenoxy) is 2. The van der Waals surface area contributed by atoms with Crippen LogP contribution < -0.4 is 13.8 Å². The Labute approximate surface area is 224 Å². The first-order valence-corrected chi connectivity index (χ1v) is 14.3. The van der Waals surface area contributed by atoms with Gasteiger partial charge in [0.25, 0.3) is 10.0 Å². The molecule has 0 aliphatic carbocycles. The molecule has 0 atom stereocenters. The van der Waals surface area contributed by atoms with Gasteiger partial charge < -0.3 is 14.4 Å². The van der Waals surface area contributed by atoms with Crippen LogP contribution in [0.5, 0.6) is 11.5 Å². The molecule has 38 heavy (non-hydrogen) atoms. The second kappa shape index (κ2) is 11.0. The SMILES string of the molecule is CCc1ccc(N(CC(=O)N2CCN(Cc3ccc4c(c3)OCO4)CC2)S(=O)(=O)c2ccc(C)cc2)cc1. The Morgan fingerprint density at radius 2 is 1.53 bits per heavy atom. The zero-order valence-electron chi connectivity index (χ0n) is 21.8. The van der Waals surface area contributed by atoms with Gasteiger partial charge in [0.05, 0.1) is 10.6 Å². The Hall–Kier alpha value is -3.56.